The molecule has 0 aliphatic rings. The Morgan fingerprint density at radius 1 is 1.33 bits per heavy atom. The monoisotopic (exact) mass is 245 g/mol. The summed E-state index contributed by atoms with van der Waals surface area (Å²) in [5.41, 5.74) is 1.26. The normalized spacial score (nSPS) is 10.1. The zero-order valence-corrected chi connectivity index (χ0v) is 10.4. The quantitative estimate of drug-likeness (QED) is 0.864. The zero-order chi connectivity index (χ0) is 13.0. The lowest BCUT2D eigenvalue weighted by molar-refractivity contribution is 0.0943. The molecule has 0 aliphatic carbocycles. The van der Waals surface area contributed by atoms with Gasteiger partial charge in [-0.2, -0.15) is 0 Å². The summed E-state index contributed by atoms with van der Waals surface area (Å²) >= 11 is 0. The van der Waals surface area contributed by atoms with Crippen molar-refractivity contribution >= 4 is 11.6 Å². The molecule has 94 valence electrons. The number of aromatic nitrogens is 1. The molecule has 0 spiro atoms. The van der Waals surface area contributed by atoms with Crippen LogP contribution in [0.1, 0.15) is 22.0 Å². The second-order valence-electron chi connectivity index (χ2n) is 3.88. The number of nitrogens with zero attached hydrogens (tertiary/aromatic N) is 1. The third-order valence-corrected chi connectivity index (χ3v) is 2.50. The van der Waals surface area contributed by atoms with Crippen LogP contribution in [0.15, 0.2) is 34.9 Å². The Balaban J connectivity index is 1.94. The molecule has 2 rings (SSSR count). The molecule has 1 amide bonds. The van der Waals surface area contributed by atoms with E-state index in [1.807, 2.05) is 19.1 Å². The molecule has 2 aromatic rings. The number of furan rings is 1. The molecule has 0 aliphatic heterocycles. The molecule has 0 radical (unpaired) electrons. The number of rotatable bonds is 4. The van der Waals surface area contributed by atoms with Gasteiger partial charge in [0.1, 0.15) is 17.2 Å². The van der Waals surface area contributed by atoms with Gasteiger partial charge in [-0.3, -0.25) is 4.79 Å². The molecule has 0 bridgehead atoms. The van der Waals surface area contributed by atoms with Crippen LogP contribution in [0.25, 0.3) is 0 Å². The Bertz CT molecular complexity index is 531. The van der Waals surface area contributed by atoms with Crippen molar-refractivity contribution in [2.45, 2.75) is 13.5 Å². The van der Waals surface area contributed by atoms with E-state index in [1.54, 1.807) is 25.4 Å². The van der Waals surface area contributed by atoms with E-state index in [4.69, 9.17) is 4.42 Å². The Morgan fingerprint density at radius 2 is 2.17 bits per heavy atom. The number of hydrogen-bond acceptors (Lipinski definition) is 4. The molecule has 0 saturated carbocycles. The van der Waals surface area contributed by atoms with Crippen LogP contribution in [0, 0.1) is 6.92 Å². The first kappa shape index (κ1) is 12.2. The molecule has 0 atom stereocenters. The van der Waals surface area contributed by atoms with Gasteiger partial charge in [0.2, 0.25) is 0 Å². The number of aryl methyl sites for hydroxylation is 1. The van der Waals surface area contributed by atoms with Crippen molar-refractivity contribution in [1.82, 2.24) is 10.3 Å². The topological polar surface area (TPSA) is 67.2 Å². The minimum Gasteiger partial charge on any atom is -0.465 e. The first-order valence-electron chi connectivity index (χ1n) is 5.66. The van der Waals surface area contributed by atoms with Crippen LogP contribution in [0.5, 0.6) is 0 Å². The number of carbonyl (C=O) groups is 1. The summed E-state index contributed by atoms with van der Waals surface area (Å²) in [4.78, 5) is 15.9. The fourth-order valence-corrected chi connectivity index (χ4v) is 1.51. The highest BCUT2D eigenvalue weighted by Gasteiger charge is 2.07. The van der Waals surface area contributed by atoms with E-state index in [-0.39, 0.29) is 5.91 Å². The predicted molar refractivity (Wildman–Crippen MR) is 68.4 cm³/mol. The Hall–Kier alpha value is -2.30. The van der Waals surface area contributed by atoms with Gasteiger partial charge in [0.15, 0.2) is 0 Å². The average Bonchev–Trinajstić information content (AvgIpc) is 2.82. The molecule has 18 heavy (non-hydrogen) atoms. The summed E-state index contributed by atoms with van der Waals surface area (Å²) in [6.07, 6.45) is 1.62. The summed E-state index contributed by atoms with van der Waals surface area (Å²) in [5.74, 6) is 1.34. The van der Waals surface area contributed by atoms with Crippen LogP contribution in [0.3, 0.4) is 0 Å². The summed E-state index contributed by atoms with van der Waals surface area (Å²) in [6.45, 7) is 2.23. The highest BCUT2D eigenvalue weighted by Crippen LogP contribution is 2.07. The van der Waals surface area contributed by atoms with Crippen molar-refractivity contribution in [1.29, 1.82) is 0 Å². The van der Waals surface area contributed by atoms with Crippen LogP contribution in [0.2, 0.25) is 0 Å². The van der Waals surface area contributed by atoms with Gasteiger partial charge in [0, 0.05) is 7.05 Å². The average molecular weight is 245 g/mol. The molecule has 5 heteroatoms. The van der Waals surface area contributed by atoms with E-state index in [9.17, 15) is 4.79 Å². The van der Waals surface area contributed by atoms with Gasteiger partial charge in [-0.15, -0.1) is 0 Å². The fourth-order valence-electron chi connectivity index (χ4n) is 1.51. The van der Waals surface area contributed by atoms with Crippen molar-refractivity contribution in [2.75, 3.05) is 12.4 Å². The maximum Gasteiger partial charge on any atom is 0.270 e. The highest BCUT2D eigenvalue weighted by molar-refractivity contribution is 5.92. The molecule has 2 N–H and O–H groups in total. The van der Waals surface area contributed by atoms with Crippen LogP contribution >= 0.6 is 0 Å². The SMILES string of the molecule is CNc1ccc(C(=O)NCc2ccc(C)o2)nc1. The fraction of sp³-hybridized carbons (Fsp3) is 0.231. The number of amides is 1. The maximum absolute atomic E-state index is 11.8. The van der Waals surface area contributed by atoms with E-state index in [1.165, 1.54) is 0 Å². The number of anilines is 1. The van der Waals surface area contributed by atoms with Crippen molar-refractivity contribution in [3.8, 4) is 0 Å². The van der Waals surface area contributed by atoms with Crippen molar-refractivity contribution < 1.29 is 9.21 Å². The summed E-state index contributed by atoms with van der Waals surface area (Å²) in [5, 5.41) is 5.69. The number of hydrogen-bond donors (Lipinski definition) is 2. The smallest absolute Gasteiger partial charge is 0.270 e. The van der Waals surface area contributed by atoms with E-state index < -0.39 is 0 Å². The van der Waals surface area contributed by atoms with Crippen molar-refractivity contribution in [3.05, 3.63) is 47.7 Å². The molecular formula is C13H15N3O2. The molecular weight excluding hydrogens is 230 g/mol. The molecule has 5 nitrogen and oxygen atoms in total. The van der Waals surface area contributed by atoms with Gasteiger partial charge in [-0.05, 0) is 31.2 Å². The standard InChI is InChI=1S/C13H15N3O2/c1-9-3-5-11(18-9)8-16-13(17)12-6-4-10(14-2)7-15-12/h3-7,14H,8H2,1-2H3,(H,16,17). The van der Waals surface area contributed by atoms with Crippen LogP contribution < -0.4 is 10.6 Å². The molecule has 0 aromatic carbocycles. The maximum atomic E-state index is 11.8. The van der Waals surface area contributed by atoms with Crippen LogP contribution in [-0.4, -0.2) is 17.9 Å². The number of pyridine rings is 1. The molecule has 2 heterocycles. The van der Waals surface area contributed by atoms with E-state index >= 15 is 0 Å². The number of nitrogens with one attached hydrogen (secondary N) is 2. The summed E-state index contributed by atoms with van der Waals surface area (Å²) in [6, 6.07) is 7.18. The first-order chi connectivity index (χ1) is 8.69. The Morgan fingerprint density at radius 3 is 2.72 bits per heavy atom. The third kappa shape index (κ3) is 2.88. The second-order valence-corrected chi connectivity index (χ2v) is 3.88. The van der Waals surface area contributed by atoms with E-state index in [2.05, 4.69) is 15.6 Å². The summed E-state index contributed by atoms with van der Waals surface area (Å²) < 4.78 is 5.36. The molecule has 0 unspecified atom stereocenters. The largest absolute Gasteiger partial charge is 0.465 e. The van der Waals surface area contributed by atoms with Crippen LogP contribution in [0.4, 0.5) is 5.69 Å². The lowest BCUT2D eigenvalue weighted by Crippen LogP contribution is -2.23. The Labute approximate surface area is 105 Å². The molecule has 0 saturated heterocycles. The van der Waals surface area contributed by atoms with Crippen LogP contribution in [-0.2, 0) is 6.54 Å². The molecule has 2 aromatic heterocycles. The Kier molecular flexibility index (Phi) is 3.62. The van der Waals surface area contributed by atoms with Gasteiger partial charge in [-0.25, -0.2) is 4.98 Å². The van der Waals surface area contributed by atoms with Gasteiger partial charge in [0.05, 0.1) is 18.4 Å². The minimum atomic E-state index is -0.216. The summed E-state index contributed by atoms with van der Waals surface area (Å²) in [7, 11) is 1.80. The number of carbonyl (C=O) groups excluding carboxylic acids is 1. The van der Waals surface area contributed by atoms with E-state index in [0.29, 0.717) is 12.2 Å². The van der Waals surface area contributed by atoms with Gasteiger partial charge < -0.3 is 15.1 Å². The minimum absolute atomic E-state index is 0.216. The van der Waals surface area contributed by atoms with E-state index in [0.717, 1.165) is 17.2 Å². The highest BCUT2D eigenvalue weighted by atomic mass is 16.3. The second kappa shape index (κ2) is 5.35. The predicted octanol–water partition coefficient (Wildman–Crippen LogP) is 1.95. The van der Waals surface area contributed by atoms with Crippen molar-refractivity contribution in [2.24, 2.45) is 0 Å². The zero-order valence-electron chi connectivity index (χ0n) is 10.4. The lowest BCUT2D eigenvalue weighted by Gasteiger charge is -2.04. The lowest BCUT2D eigenvalue weighted by atomic mass is 10.3. The van der Waals surface area contributed by atoms with Gasteiger partial charge in [0.25, 0.3) is 5.91 Å². The van der Waals surface area contributed by atoms with Gasteiger partial charge >= 0.3 is 0 Å². The third-order valence-electron chi connectivity index (χ3n) is 2.50. The van der Waals surface area contributed by atoms with Crippen molar-refractivity contribution in [3.63, 3.8) is 0 Å². The first-order valence-corrected chi connectivity index (χ1v) is 5.66. The van der Waals surface area contributed by atoms with Gasteiger partial charge in [-0.1, -0.05) is 0 Å². The molecule has 0 fully saturated rings.